The Balaban J connectivity index is 1.98. The molecule has 80 valence electrons. The third-order valence-corrected chi connectivity index (χ3v) is 2.73. The average molecular weight is 228 g/mol. The van der Waals surface area contributed by atoms with Crippen LogP contribution in [0.15, 0.2) is 69.1 Å². The van der Waals surface area contributed by atoms with Crippen molar-refractivity contribution in [3.8, 4) is 0 Å². The van der Waals surface area contributed by atoms with Gasteiger partial charge in [0.15, 0.2) is 0 Å². The molecule has 0 atom stereocenters. The fourth-order valence-electron chi connectivity index (χ4n) is 1.21. The third-order valence-electron chi connectivity index (χ3n) is 2.08. The molecule has 0 bridgehead atoms. The summed E-state index contributed by atoms with van der Waals surface area (Å²) < 4.78 is 4.08. The number of aryl methyl sites for hydroxylation is 1. The normalized spacial score (nSPS) is 10.8. The topological polar surface area (TPSA) is 24.7 Å². The Kier molecular flexibility index (Phi) is 3.72. The predicted molar refractivity (Wildman–Crippen MR) is 68.0 cm³/mol. The van der Waals surface area contributed by atoms with Crippen LogP contribution in [-0.4, -0.2) is 0 Å². The van der Waals surface area contributed by atoms with Gasteiger partial charge in [0.25, 0.3) is 0 Å². The summed E-state index contributed by atoms with van der Waals surface area (Å²) in [7, 11) is 0. The van der Waals surface area contributed by atoms with Crippen LogP contribution in [-0.2, 0) is 0 Å². The van der Waals surface area contributed by atoms with E-state index >= 15 is 0 Å². The SMILES string of the molecule is Cc1ccc(N=NSc2ccccc2)cc1. The molecule has 0 aliphatic carbocycles. The minimum Gasteiger partial charge on any atom is -0.143 e. The smallest absolute Gasteiger partial charge is 0.0863 e. The Bertz CT molecular complexity index is 463. The molecule has 0 aliphatic heterocycles. The van der Waals surface area contributed by atoms with Gasteiger partial charge in [0.2, 0.25) is 0 Å². The van der Waals surface area contributed by atoms with Crippen molar-refractivity contribution < 1.29 is 0 Å². The first-order valence-corrected chi connectivity index (χ1v) is 5.82. The summed E-state index contributed by atoms with van der Waals surface area (Å²) in [6.07, 6.45) is 0. The zero-order valence-corrected chi connectivity index (χ0v) is 9.82. The number of nitrogens with zero attached hydrogens (tertiary/aromatic N) is 2. The molecule has 0 aliphatic rings. The molecule has 16 heavy (non-hydrogen) atoms. The zero-order chi connectivity index (χ0) is 11.2. The molecule has 0 radical (unpaired) electrons. The largest absolute Gasteiger partial charge is 0.143 e. The molecule has 0 aromatic heterocycles. The van der Waals surface area contributed by atoms with Crippen molar-refractivity contribution in [1.82, 2.24) is 0 Å². The van der Waals surface area contributed by atoms with Gasteiger partial charge in [0, 0.05) is 16.8 Å². The molecule has 0 spiro atoms. The molecule has 2 nitrogen and oxygen atoms in total. The minimum atomic E-state index is 0.883. The molecule has 0 saturated carbocycles. The molecule has 0 N–H and O–H groups in total. The van der Waals surface area contributed by atoms with Crippen molar-refractivity contribution in [3.05, 3.63) is 60.2 Å². The summed E-state index contributed by atoms with van der Waals surface area (Å²) in [5, 5.41) is 4.13. The Morgan fingerprint density at radius 2 is 1.56 bits per heavy atom. The third kappa shape index (κ3) is 3.21. The number of rotatable bonds is 3. The van der Waals surface area contributed by atoms with E-state index in [1.54, 1.807) is 0 Å². The van der Waals surface area contributed by atoms with Gasteiger partial charge in [-0.05, 0) is 31.2 Å². The zero-order valence-electron chi connectivity index (χ0n) is 9.00. The summed E-state index contributed by atoms with van der Waals surface area (Å²) in [5.74, 6) is 0. The van der Waals surface area contributed by atoms with Crippen molar-refractivity contribution >= 4 is 17.6 Å². The highest BCUT2D eigenvalue weighted by atomic mass is 32.2. The summed E-state index contributed by atoms with van der Waals surface area (Å²) in [6.45, 7) is 2.06. The van der Waals surface area contributed by atoms with Crippen LogP contribution in [0.2, 0.25) is 0 Å². The molecule has 0 amide bonds. The molecular formula is C13H12N2S. The van der Waals surface area contributed by atoms with Crippen molar-refractivity contribution in [3.63, 3.8) is 0 Å². The monoisotopic (exact) mass is 228 g/mol. The average Bonchev–Trinajstić information content (AvgIpc) is 2.33. The Labute approximate surface area is 99.6 Å². The number of hydrogen-bond acceptors (Lipinski definition) is 3. The van der Waals surface area contributed by atoms with Gasteiger partial charge in [-0.1, -0.05) is 35.9 Å². The maximum atomic E-state index is 4.13. The minimum absolute atomic E-state index is 0.883. The van der Waals surface area contributed by atoms with Gasteiger partial charge < -0.3 is 0 Å². The molecular weight excluding hydrogens is 216 g/mol. The van der Waals surface area contributed by atoms with E-state index in [2.05, 4.69) is 16.6 Å². The fourth-order valence-corrected chi connectivity index (χ4v) is 1.72. The van der Waals surface area contributed by atoms with Crippen molar-refractivity contribution in [2.45, 2.75) is 11.8 Å². The van der Waals surface area contributed by atoms with Crippen molar-refractivity contribution in [2.75, 3.05) is 0 Å². The second kappa shape index (κ2) is 5.47. The Morgan fingerprint density at radius 1 is 0.875 bits per heavy atom. The second-order valence-electron chi connectivity index (χ2n) is 3.42. The van der Waals surface area contributed by atoms with Crippen molar-refractivity contribution in [2.24, 2.45) is 9.63 Å². The molecule has 0 saturated heterocycles. The van der Waals surface area contributed by atoms with Crippen LogP contribution in [0.25, 0.3) is 0 Å². The predicted octanol–water partition coefficient (Wildman–Crippen LogP) is 4.79. The van der Waals surface area contributed by atoms with Crippen LogP contribution >= 0.6 is 11.9 Å². The lowest BCUT2D eigenvalue weighted by Gasteiger charge is -1.94. The van der Waals surface area contributed by atoms with Gasteiger partial charge >= 0.3 is 0 Å². The van der Waals surface area contributed by atoms with E-state index < -0.39 is 0 Å². The fraction of sp³-hybridized carbons (Fsp3) is 0.0769. The molecule has 0 heterocycles. The highest BCUT2D eigenvalue weighted by Crippen LogP contribution is 2.21. The number of hydrogen-bond donors (Lipinski definition) is 0. The molecule has 2 aromatic rings. The van der Waals surface area contributed by atoms with E-state index in [-0.39, 0.29) is 0 Å². The van der Waals surface area contributed by atoms with E-state index in [4.69, 9.17) is 0 Å². The van der Waals surface area contributed by atoms with Gasteiger partial charge in [0.1, 0.15) is 0 Å². The Morgan fingerprint density at radius 3 is 2.25 bits per heavy atom. The molecule has 0 unspecified atom stereocenters. The maximum absolute atomic E-state index is 4.13. The van der Waals surface area contributed by atoms with E-state index in [9.17, 15) is 0 Å². The van der Waals surface area contributed by atoms with Gasteiger partial charge in [-0.25, -0.2) is 0 Å². The molecule has 3 heteroatoms. The summed E-state index contributed by atoms with van der Waals surface area (Å²) >= 11 is 1.38. The summed E-state index contributed by atoms with van der Waals surface area (Å²) in [4.78, 5) is 1.10. The quantitative estimate of drug-likeness (QED) is 0.547. The second-order valence-corrected chi connectivity index (χ2v) is 4.24. The highest BCUT2D eigenvalue weighted by Gasteiger charge is 1.90. The number of benzene rings is 2. The van der Waals surface area contributed by atoms with Crippen LogP contribution in [0.4, 0.5) is 5.69 Å². The van der Waals surface area contributed by atoms with E-state index in [0.717, 1.165) is 10.6 Å². The van der Waals surface area contributed by atoms with E-state index in [1.807, 2.05) is 54.6 Å². The maximum Gasteiger partial charge on any atom is 0.0863 e. The first-order valence-electron chi connectivity index (χ1n) is 5.04. The lowest BCUT2D eigenvalue weighted by atomic mass is 10.2. The highest BCUT2D eigenvalue weighted by molar-refractivity contribution is 7.97. The summed E-state index contributed by atoms with van der Waals surface area (Å²) in [6, 6.07) is 18.0. The standard InChI is InChI=1S/C13H12N2S/c1-11-7-9-12(10-8-11)14-15-16-13-5-3-2-4-6-13/h2-10H,1H3. The van der Waals surface area contributed by atoms with E-state index in [1.165, 1.54) is 17.5 Å². The van der Waals surface area contributed by atoms with Gasteiger partial charge in [0.05, 0.1) is 5.69 Å². The Hall–Kier alpha value is -1.61. The molecule has 2 rings (SSSR count). The van der Waals surface area contributed by atoms with Crippen LogP contribution in [0.3, 0.4) is 0 Å². The van der Waals surface area contributed by atoms with Gasteiger partial charge in [-0.2, -0.15) is 0 Å². The molecule has 0 fully saturated rings. The van der Waals surface area contributed by atoms with Crippen LogP contribution < -0.4 is 0 Å². The van der Waals surface area contributed by atoms with Gasteiger partial charge in [-0.3, -0.25) is 0 Å². The summed E-state index contributed by atoms with van der Waals surface area (Å²) in [5.41, 5.74) is 2.11. The molecule has 2 aromatic carbocycles. The lowest BCUT2D eigenvalue weighted by Crippen LogP contribution is -1.68. The first-order chi connectivity index (χ1) is 7.84. The first kappa shape index (κ1) is 10.9. The van der Waals surface area contributed by atoms with Crippen molar-refractivity contribution in [1.29, 1.82) is 0 Å². The van der Waals surface area contributed by atoms with Crippen LogP contribution in [0.5, 0.6) is 0 Å². The van der Waals surface area contributed by atoms with Crippen LogP contribution in [0.1, 0.15) is 5.56 Å². The lowest BCUT2D eigenvalue weighted by molar-refractivity contribution is 1.31. The van der Waals surface area contributed by atoms with Crippen LogP contribution in [0, 0.1) is 6.92 Å². The van der Waals surface area contributed by atoms with Gasteiger partial charge in [-0.15, -0.1) is 9.63 Å². The van der Waals surface area contributed by atoms with E-state index in [0.29, 0.717) is 0 Å².